The van der Waals surface area contributed by atoms with Crippen molar-refractivity contribution in [3.8, 4) is 0 Å². The van der Waals surface area contributed by atoms with E-state index < -0.39 is 5.97 Å². The van der Waals surface area contributed by atoms with Crippen LogP contribution in [0.25, 0.3) is 0 Å². The zero-order valence-electron chi connectivity index (χ0n) is 12.4. The molecular formula is C15H18N4O3. The highest BCUT2D eigenvalue weighted by atomic mass is 16.4. The predicted molar refractivity (Wildman–Crippen MR) is 81.9 cm³/mol. The lowest BCUT2D eigenvalue weighted by molar-refractivity contribution is 0.0697. The van der Waals surface area contributed by atoms with Crippen LogP contribution in [0.4, 0.5) is 10.6 Å². The van der Waals surface area contributed by atoms with E-state index >= 15 is 0 Å². The zero-order valence-corrected chi connectivity index (χ0v) is 12.4. The number of carboxylic acids is 1. The Kier molecular flexibility index (Phi) is 4.77. The van der Waals surface area contributed by atoms with Crippen LogP contribution in [0.2, 0.25) is 0 Å². The quantitative estimate of drug-likeness (QED) is 0.790. The van der Waals surface area contributed by atoms with Crippen LogP contribution in [0.15, 0.2) is 36.5 Å². The van der Waals surface area contributed by atoms with Crippen molar-refractivity contribution in [1.29, 1.82) is 0 Å². The molecule has 0 aliphatic heterocycles. The van der Waals surface area contributed by atoms with Crippen molar-refractivity contribution in [2.75, 3.05) is 5.32 Å². The van der Waals surface area contributed by atoms with E-state index in [0.29, 0.717) is 12.4 Å². The van der Waals surface area contributed by atoms with Crippen LogP contribution in [0.3, 0.4) is 0 Å². The molecule has 2 rings (SSSR count). The summed E-state index contributed by atoms with van der Waals surface area (Å²) in [6.07, 6.45) is 1.80. The average Bonchev–Trinajstić information content (AvgIpc) is 2.94. The fraction of sp³-hybridized carbons (Fsp3) is 0.267. The van der Waals surface area contributed by atoms with Crippen molar-refractivity contribution in [3.63, 3.8) is 0 Å². The molecule has 0 fully saturated rings. The molecule has 22 heavy (non-hydrogen) atoms. The average molecular weight is 302 g/mol. The number of hydrogen-bond acceptors (Lipinski definition) is 3. The number of aromatic carboxylic acids is 1. The molecule has 0 spiro atoms. The predicted octanol–water partition coefficient (Wildman–Crippen LogP) is 2.48. The molecule has 0 atom stereocenters. The third-order valence-electron chi connectivity index (χ3n) is 3.03. The van der Waals surface area contributed by atoms with Gasteiger partial charge in [-0.1, -0.05) is 12.1 Å². The number of benzene rings is 1. The number of amides is 2. The summed E-state index contributed by atoms with van der Waals surface area (Å²) in [5.74, 6) is -0.495. The third-order valence-corrected chi connectivity index (χ3v) is 3.03. The summed E-state index contributed by atoms with van der Waals surface area (Å²) in [7, 11) is 0. The maximum Gasteiger partial charge on any atom is 0.335 e. The van der Waals surface area contributed by atoms with Crippen LogP contribution in [-0.4, -0.2) is 26.9 Å². The molecule has 1 aromatic heterocycles. The lowest BCUT2D eigenvalue weighted by atomic mass is 10.1. The zero-order chi connectivity index (χ0) is 16.1. The van der Waals surface area contributed by atoms with Gasteiger partial charge in [0.1, 0.15) is 0 Å². The minimum Gasteiger partial charge on any atom is -0.478 e. The summed E-state index contributed by atoms with van der Waals surface area (Å²) in [5, 5.41) is 18.4. The molecule has 0 aliphatic rings. The Bertz CT molecular complexity index is 662. The highest BCUT2D eigenvalue weighted by Gasteiger charge is 2.06. The smallest absolute Gasteiger partial charge is 0.335 e. The summed E-state index contributed by atoms with van der Waals surface area (Å²) in [6, 6.07) is 7.92. The first kappa shape index (κ1) is 15.6. The summed E-state index contributed by atoms with van der Waals surface area (Å²) in [6.45, 7) is 4.30. The van der Waals surface area contributed by atoms with Crippen LogP contribution in [0.1, 0.15) is 35.8 Å². The van der Waals surface area contributed by atoms with Gasteiger partial charge in [-0.05, 0) is 31.5 Å². The molecule has 1 heterocycles. The van der Waals surface area contributed by atoms with E-state index in [1.165, 1.54) is 12.1 Å². The molecule has 0 radical (unpaired) electrons. The number of hydrogen-bond donors (Lipinski definition) is 3. The molecule has 116 valence electrons. The van der Waals surface area contributed by atoms with Gasteiger partial charge in [0.2, 0.25) is 0 Å². The number of nitrogens with zero attached hydrogens (tertiary/aromatic N) is 2. The van der Waals surface area contributed by atoms with Crippen LogP contribution < -0.4 is 10.6 Å². The second-order valence-corrected chi connectivity index (χ2v) is 5.08. The Hall–Kier alpha value is -2.83. The first-order valence-electron chi connectivity index (χ1n) is 6.88. The summed E-state index contributed by atoms with van der Waals surface area (Å²) in [5.41, 5.74) is 1.03. The number of carbonyl (C=O) groups excluding carboxylic acids is 1. The molecule has 0 aliphatic carbocycles. The van der Waals surface area contributed by atoms with Crippen molar-refractivity contribution >= 4 is 17.8 Å². The van der Waals surface area contributed by atoms with Gasteiger partial charge in [-0.2, -0.15) is 5.10 Å². The van der Waals surface area contributed by atoms with Crippen LogP contribution in [-0.2, 0) is 6.54 Å². The summed E-state index contributed by atoms with van der Waals surface area (Å²) >= 11 is 0. The second kappa shape index (κ2) is 6.75. The fourth-order valence-electron chi connectivity index (χ4n) is 1.80. The topological polar surface area (TPSA) is 96.2 Å². The molecule has 1 aromatic carbocycles. The van der Waals surface area contributed by atoms with E-state index in [-0.39, 0.29) is 17.6 Å². The van der Waals surface area contributed by atoms with Gasteiger partial charge in [-0.25, -0.2) is 9.59 Å². The van der Waals surface area contributed by atoms with Gasteiger partial charge in [-0.15, -0.1) is 0 Å². The maximum absolute atomic E-state index is 11.8. The number of aromatic nitrogens is 2. The highest BCUT2D eigenvalue weighted by Crippen LogP contribution is 2.08. The standard InChI is InChI=1S/C15H18N4O3/c1-10(2)19-8-7-13(18-19)17-15(22)16-9-11-3-5-12(6-4-11)14(20)21/h3-8,10H,9H2,1-2H3,(H,20,21)(H2,16,17,18,22). The van der Waals surface area contributed by atoms with Gasteiger partial charge < -0.3 is 10.4 Å². The lowest BCUT2D eigenvalue weighted by Crippen LogP contribution is -2.28. The monoisotopic (exact) mass is 302 g/mol. The number of urea groups is 1. The molecule has 0 unspecified atom stereocenters. The molecular weight excluding hydrogens is 284 g/mol. The second-order valence-electron chi connectivity index (χ2n) is 5.08. The number of carboxylic acid groups (broad SMARTS) is 1. The van der Waals surface area contributed by atoms with Gasteiger partial charge in [0, 0.05) is 24.8 Å². The van der Waals surface area contributed by atoms with E-state index in [1.54, 1.807) is 29.1 Å². The van der Waals surface area contributed by atoms with Gasteiger partial charge in [-0.3, -0.25) is 10.00 Å². The molecule has 3 N–H and O–H groups in total. The van der Waals surface area contributed by atoms with Gasteiger partial charge in [0.05, 0.1) is 5.56 Å². The summed E-state index contributed by atoms with van der Waals surface area (Å²) < 4.78 is 1.75. The van der Waals surface area contributed by atoms with E-state index in [9.17, 15) is 9.59 Å². The van der Waals surface area contributed by atoms with E-state index in [2.05, 4.69) is 15.7 Å². The SMILES string of the molecule is CC(C)n1ccc(NC(=O)NCc2ccc(C(=O)O)cc2)n1. The molecule has 0 saturated heterocycles. The number of anilines is 1. The minimum absolute atomic E-state index is 0.215. The van der Waals surface area contributed by atoms with Crippen molar-refractivity contribution in [1.82, 2.24) is 15.1 Å². The highest BCUT2D eigenvalue weighted by molar-refractivity contribution is 5.88. The number of carbonyl (C=O) groups is 2. The molecule has 2 aromatic rings. The molecule has 0 saturated carbocycles. The van der Waals surface area contributed by atoms with E-state index in [0.717, 1.165) is 5.56 Å². The van der Waals surface area contributed by atoms with Crippen molar-refractivity contribution in [2.45, 2.75) is 26.4 Å². The molecule has 2 amide bonds. The van der Waals surface area contributed by atoms with Gasteiger partial charge in [0.25, 0.3) is 0 Å². The van der Waals surface area contributed by atoms with Crippen molar-refractivity contribution in [2.24, 2.45) is 0 Å². The Morgan fingerprint density at radius 2 is 1.91 bits per heavy atom. The van der Waals surface area contributed by atoms with E-state index in [1.807, 2.05) is 13.8 Å². The Morgan fingerprint density at radius 1 is 1.23 bits per heavy atom. The molecule has 0 bridgehead atoms. The first-order valence-corrected chi connectivity index (χ1v) is 6.88. The number of rotatable bonds is 5. The third kappa shape index (κ3) is 4.08. The number of nitrogens with one attached hydrogen (secondary N) is 2. The Morgan fingerprint density at radius 3 is 2.45 bits per heavy atom. The molecule has 7 heteroatoms. The maximum atomic E-state index is 11.8. The van der Waals surface area contributed by atoms with Crippen LogP contribution in [0, 0.1) is 0 Å². The van der Waals surface area contributed by atoms with Crippen molar-refractivity contribution < 1.29 is 14.7 Å². The van der Waals surface area contributed by atoms with Crippen LogP contribution >= 0.6 is 0 Å². The largest absolute Gasteiger partial charge is 0.478 e. The fourth-order valence-corrected chi connectivity index (χ4v) is 1.80. The lowest BCUT2D eigenvalue weighted by Gasteiger charge is -2.07. The first-order chi connectivity index (χ1) is 10.5. The summed E-state index contributed by atoms with van der Waals surface area (Å²) in [4.78, 5) is 22.5. The minimum atomic E-state index is -0.974. The van der Waals surface area contributed by atoms with Gasteiger partial charge >= 0.3 is 12.0 Å². The molecule has 7 nitrogen and oxygen atoms in total. The normalized spacial score (nSPS) is 10.5. The Labute approximate surface area is 128 Å². The van der Waals surface area contributed by atoms with E-state index in [4.69, 9.17) is 5.11 Å². The van der Waals surface area contributed by atoms with Crippen molar-refractivity contribution in [3.05, 3.63) is 47.7 Å². The van der Waals surface area contributed by atoms with Crippen LogP contribution in [0.5, 0.6) is 0 Å². The Balaban J connectivity index is 1.85. The van der Waals surface area contributed by atoms with Gasteiger partial charge in [0.15, 0.2) is 5.82 Å².